The minimum absolute atomic E-state index is 0.0940. The molecule has 0 fully saturated rings. The number of rotatable bonds is 7. The first kappa shape index (κ1) is 28.9. The topological polar surface area (TPSA) is 86.8 Å². The number of hydrazone groups is 1. The van der Waals surface area contributed by atoms with Crippen LogP contribution in [0.5, 0.6) is 5.75 Å². The molecule has 212 valence electrons. The lowest BCUT2D eigenvalue weighted by molar-refractivity contribution is -0.137. The zero-order valence-corrected chi connectivity index (χ0v) is 23.2. The van der Waals surface area contributed by atoms with Crippen LogP contribution in [0.1, 0.15) is 72.3 Å². The van der Waals surface area contributed by atoms with Crippen molar-refractivity contribution < 1.29 is 22.7 Å². The number of aryl methyl sites for hydroxylation is 2. The summed E-state index contributed by atoms with van der Waals surface area (Å²) in [5.41, 5.74) is 12.0. The number of halogens is 3. The number of carbonyl (C=O) groups is 1. The van der Waals surface area contributed by atoms with E-state index >= 15 is 0 Å². The van der Waals surface area contributed by atoms with Crippen molar-refractivity contribution in [2.24, 2.45) is 10.5 Å². The average Bonchev–Trinajstić information content (AvgIpc) is 3.38. The first-order valence-corrected chi connectivity index (χ1v) is 13.0. The van der Waals surface area contributed by atoms with Crippen LogP contribution in [0.15, 0.2) is 65.8 Å². The second-order valence-corrected chi connectivity index (χ2v) is 11.1. The van der Waals surface area contributed by atoms with Gasteiger partial charge in [0, 0.05) is 5.56 Å². The summed E-state index contributed by atoms with van der Waals surface area (Å²) in [6.45, 7) is 10.4. The molecule has 0 saturated carbocycles. The zero-order valence-electron chi connectivity index (χ0n) is 23.2. The molecule has 10 heteroatoms. The lowest BCUT2D eigenvalue weighted by Gasteiger charge is -2.25. The third-order valence-corrected chi connectivity index (χ3v) is 6.62. The molecule has 0 radical (unpaired) electrons. The highest BCUT2D eigenvalue weighted by Gasteiger charge is 2.30. The minimum atomic E-state index is -4.37. The predicted octanol–water partition coefficient (Wildman–Crippen LogP) is 6.55. The van der Waals surface area contributed by atoms with Gasteiger partial charge in [-0.2, -0.15) is 13.2 Å². The van der Waals surface area contributed by atoms with Crippen molar-refractivity contribution in [1.29, 1.82) is 0 Å². The van der Waals surface area contributed by atoms with Gasteiger partial charge in [-0.05, 0) is 96.3 Å². The van der Waals surface area contributed by atoms with Crippen molar-refractivity contribution in [3.05, 3.63) is 88.5 Å². The molecule has 3 aromatic rings. The van der Waals surface area contributed by atoms with E-state index in [4.69, 9.17) is 4.74 Å². The standard InChI is InChI=1S/C30H34F3N5O2/c1-18-16-24(17-19(2)26(18)21-10-12-23(13-11-21)30(31,32)33)40-25(14-15-29(3,4)5)20-6-8-22(9-7-20)27(39)34-28-35-37-38-36-28/h6-13,16-17,25,37-38H,14-15H2,1-5H3,(H2,34,35,36,39). The fourth-order valence-electron chi connectivity index (χ4n) is 4.58. The smallest absolute Gasteiger partial charge is 0.416 e. The maximum absolute atomic E-state index is 13.0. The van der Waals surface area contributed by atoms with Gasteiger partial charge in [-0.1, -0.05) is 45.0 Å². The fourth-order valence-corrected chi connectivity index (χ4v) is 4.58. The normalized spacial score (nSPS) is 14.2. The highest BCUT2D eigenvalue weighted by Crippen LogP contribution is 2.37. The first-order valence-electron chi connectivity index (χ1n) is 13.0. The van der Waals surface area contributed by atoms with Crippen molar-refractivity contribution in [1.82, 2.24) is 21.8 Å². The lowest BCUT2D eigenvalue weighted by atomic mass is 9.88. The number of nitrogens with one attached hydrogen (secondary N) is 4. The van der Waals surface area contributed by atoms with Crippen LogP contribution in [0.2, 0.25) is 0 Å². The van der Waals surface area contributed by atoms with Gasteiger partial charge in [0.05, 0.1) is 5.56 Å². The van der Waals surface area contributed by atoms with E-state index in [0.717, 1.165) is 52.8 Å². The number of hydrazine groups is 2. The van der Waals surface area contributed by atoms with Crippen LogP contribution in [0, 0.1) is 19.3 Å². The fraction of sp³-hybridized carbons (Fsp3) is 0.333. The molecule has 1 heterocycles. The summed E-state index contributed by atoms with van der Waals surface area (Å²) in [6.07, 6.45) is -2.97. The Hall–Kier alpha value is -4.05. The Bertz CT molecular complexity index is 1360. The van der Waals surface area contributed by atoms with E-state index in [1.54, 1.807) is 12.1 Å². The molecular formula is C30H34F3N5O2. The van der Waals surface area contributed by atoms with Crippen molar-refractivity contribution in [2.45, 2.75) is 59.7 Å². The summed E-state index contributed by atoms with van der Waals surface area (Å²) in [7, 11) is 0. The predicted molar refractivity (Wildman–Crippen MR) is 149 cm³/mol. The number of guanidine groups is 1. The largest absolute Gasteiger partial charge is 0.486 e. The van der Waals surface area contributed by atoms with Gasteiger partial charge in [-0.3, -0.25) is 15.5 Å². The van der Waals surface area contributed by atoms with E-state index in [2.05, 4.69) is 47.7 Å². The summed E-state index contributed by atoms with van der Waals surface area (Å²) in [5.74, 6) is 0.642. The summed E-state index contributed by atoms with van der Waals surface area (Å²) >= 11 is 0. The Morgan fingerprint density at radius 1 is 0.975 bits per heavy atom. The number of amides is 1. The van der Waals surface area contributed by atoms with Gasteiger partial charge in [-0.25, -0.2) is 5.53 Å². The molecule has 1 amide bonds. The van der Waals surface area contributed by atoms with E-state index in [0.29, 0.717) is 11.3 Å². The number of benzene rings is 3. The van der Waals surface area contributed by atoms with Crippen LogP contribution in [0.25, 0.3) is 11.1 Å². The molecule has 7 nitrogen and oxygen atoms in total. The van der Waals surface area contributed by atoms with Crippen LogP contribution in [-0.4, -0.2) is 11.9 Å². The van der Waals surface area contributed by atoms with Crippen LogP contribution >= 0.6 is 0 Å². The maximum atomic E-state index is 13.0. The van der Waals surface area contributed by atoms with E-state index in [1.165, 1.54) is 12.1 Å². The second-order valence-electron chi connectivity index (χ2n) is 11.1. The molecular weight excluding hydrogens is 519 g/mol. The maximum Gasteiger partial charge on any atom is 0.416 e. The average molecular weight is 554 g/mol. The third-order valence-electron chi connectivity index (χ3n) is 6.62. The summed E-state index contributed by atoms with van der Waals surface area (Å²) in [5, 5.41) is 6.50. The lowest BCUT2D eigenvalue weighted by Crippen LogP contribution is -2.43. The van der Waals surface area contributed by atoms with Crippen LogP contribution in [-0.2, 0) is 6.18 Å². The summed E-state index contributed by atoms with van der Waals surface area (Å²) in [6, 6.07) is 16.3. The molecule has 4 rings (SSSR count). The van der Waals surface area contributed by atoms with E-state index < -0.39 is 11.7 Å². The SMILES string of the molecule is Cc1cc(OC(CCC(C)(C)C)c2ccc(C(=O)NC3=NNNN3)cc2)cc(C)c1-c1ccc(C(F)(F)F)cc1. The van der Waals surface area contributed by atoms with Gasteiger partial charge in [0.25, 0.3) is 5.91 Å². The molecule has 1 atom stereocenters. The van der Waals surface area contributed by atoms with Gasteiger partial charge in [-0.15, -0.1) is 10.6 Å². The monoisotopic (exact) mass is 553 g/mol. The van der Waals surface area contributed by atoms with Crippen LogP contribution in [0.3, 0.4) is 0 Å². The molecule has 1 unspecified atom stereocenters. The van der Waals surface area contributed by atoms with Gasteiger partial charge in [0.15, 0.2) is 0 Å². The molecule has 1 aliphatic rings. The Balaban J connectivity index is 1.56. The Kier molecular flexibility index (Phi) is 8.39. The quantitative estimate of drug-likeness (QED) is 0.267. The van der Waals surface area contributed by atoms with E-state index in [-0.39, 0.29) is 23.4 Å². The number of alkyl halides is 3. The highest BCUT2D eigenvalue weighted by molar-refractivity contribution is 6.05. The zero-order chi connectivity index (χ0) is 29.1. The van der Waals surface area contributed by atoms with Gasteiger partial charge in [0.2, 0.25) is 5.96 Å². The van der Waals surface area contributed by atoms with Gasteiger partial charge in [0.1, 0.15) is 11.9 Å². The summed E-state index contributed by atoms with van der Waals surface area (Å²) < 4.78 is 45.6. The van der Waals surface area contributed by atoms with Gasteiger partial charge >= 0.3 is 6.18 Å². The Labute approximate surface area is 232 Å². The van der Waals surface area contributed by atoms with Crippen molar-refractivity contribution in [3.63, 3.8) is 0 Å². The molecule has 0 spiro atoms. The Morgan fingerprint density at radius 2 is 1.60 bits per heavy atom. The molecule has 0 aromatic heterocycles. The number of carbonyl (C=O) groups excluding carboxylic acids is 1. The number of ether oxygens (including phenoxy) is 1. The molecule has 40 heavy (non-hydrogen) atoms. The van der Waals surface area contributed by atoms with Gasteiger partial charge < -0.3 is 4.74 Å². The number of hydrogen-bond acceptors (Lipinski definition) is 6. The second kappa shape index (κ2) is 11.6. The van der Waals surface area contributed by atoms with Crippen molar-refractivity contribution in [3.8, 4) is 16.9 Å². The van der Waals surface area contributed by atoms with Crippen molar-refractivity contribution in [2.75, 3.05) is 0 Å². The highest BCUT2D eigenvalue weighted by atomic mass is 19.4. The van der Waals surface area contributed by atoms with E-state index in [9.17, 15) is 18.0 Å². The molecule has 0 saturated heterocycles. The third kappa shape index (κ3) is 7.32. The molecule has 3 aromatic carbocycles. The van der Waals surface area contributed by atoms with E-state index in [1.807, 2.05) is 38.1 Å². The number of nitrogens with zero attached hydrogens (tertiary/aromatic N) is 1. The first-order chi connectivity index (χ1) is 18.8. The number of hydrogen-bond donors (Lipinski definition) is 4. The minimum Gasteiger partial charge on any atom is -0.486 e. The van der Waals surface area contributed by atoms with Crippen LogP contribution in [0.4, 0.5) is 13.2 Å². The molecule has 1 aliphatic heterocycles. The Morgan fingerprint density at radius 3 is 2.12 bits per heavy atom. The molecule has 4 N–H and O–H groups in total. The summed E-state index contributed by atoms with van der Waals surface area (Å²) in [4.78, 5) is 12.5. The molecule has 0 aliphatic carbocycles. The molecule has 0 bridgehead atoms. The van der Waals surface area contributed by atoms with Crippen LogP contribution < -0.4 is 26.5 Å². The van der Waals surface area contributed by atoms with Crippen molar-refractivity contribution >= 4 is 11.9 Å².